The average Bonchev–Trinajstić information content (AvgIpc) is 2.52. The summed E-state index contributed by atoms with van der Waals surface area (Å²) in [4.78, 5) is 11.1. The number of sulfonamides is 1. The maximum absolute atomic E-state index is 12.3. The third-order valence-electron chi connectivity index (χ3n) is 3.25. The van der Waals surface area contributed by atoms with Crippen molar-refractivity contribution in [3.8, 4) is 0 Å². The molecule has 9 heteroatoms. The Labute approximate surface area is 161 Å². The molecule has 0 saturated heterocycles. The Morgan fingerprint density at radius 3 is 2.32 bits per heavy atom. The summed E-state index contributed by atoms with van der Waals surface area (Å²) in [6.45, 7) is 1.52. The topological polar surface area (TPSA) is 75.3 Å². The van der Waals surface area contributed by atoms with E-state index in [1.165, 1.54) is 25.1 Å². The molecule has 25 heavy (non-hydrogen) atoms. The zero-order valence-corrected chi connectivity index (χ0v) is 16.2. The van der Waals surface area contributed by atoms with Crippen LogP contribution in [-0.4, -0.2) is 20.9 Å². The molecule has 0 saturated carbocycles. The van der Waals surface area contributed by atoms with E-state index in [-0.39, 0.29) is 22.4 Å². The first kappa shape index (κ1) is 20.0. The van der Waals surface area contributed by atoms with Gasteiger partial charge in [-0.2, -0.15) is 0 Å². The first-order valence-electron chi connectivity index (χ1n) is 7.20. The number of carbonyl (C=O) groups excluding carboxylic acids is 1. The summed E-state index contributed by atoms with van der Waals surface area (Å²) in [6, 6.07) is 9.23. The van der Waals surface area contributed by atoms with E-state index in [4.69, 9.17) is 34.8 Å². The van der Waals surface area contributed by atoms with Crippen LogP contribution in [0.2, 0.25) is 15.1 Å². The van der Waals surface area contributed by atoms with Gasteiger partial charge in [-0.05, 0) is 42.3 Å². The lowest BCUT2D eigenvalue weighted by Gasteiger charge is -2.10. The second kappa shape index (κ2) is 8.38. The summed E-state index contributed by atoms with van der Waals surface area (Å²) in [6.07, 6.45) is 0.452. The van der Waals surface area contributed by atoms with Crippen LogP contribution in [-0.2, 0) is 21.2 Å². The van der Waals surface area contributed by atoms with Gasteiger partial charge in [-0.25, -0.2) is 13.1 Å². The Bertz CT molecular complexity index is 901. The van der Waals surface area contributed by atoms with E-state index in [1.807, 2.05) is 0 Å². The lowest BCUT2D eigenvalue weighted by Crippen LogP contribution is -2.26. The second-order valence-corrected chi connectivity index (χ2v) is 8.21. The number of rotatable bonds is 6. The molecule has 0 unspecified atom stereocenters. The quantitative estimate of drug-likeness (QED) is 0.736. The molecule has 2 aromatic rings. The summed E-state index contributed by atoms with van der Waals surface area (Å²) in [5.74, 6) is -0.294. The third kappa shape index (κ3) is 5.59. The van der Waals surface area contributed by atoms with E-state index in [0.29, 0.717) is 22.2 Å². The Hall–Kier alpha value is -1.31. The van der Waals surface area contributed by atoms with Crippen LogP contribution < -0.4 is 10.0 Å². The zero-order valence-electron chi connectivity index (χ0n) is 13.1. The van der Waals surface area contributed by atoms with Crippen molar-refractivity contribution in [1.82, 2.24) is 4.72 Å². The molecular weight excluding hydrogens is 407 g/mol. The van der Waals surface area contributed by atoms with E-state index < -0.39 is 10.0 Å². The van der Waals surface area contributed by atoms with Crippen molar-refractivity contribution in [1.29, 1.82) is 0 Å². The van der Waals surface area contributed by atoms with Crippen LogP contribution >= 0.6 is 34.8 Å². The van der Waals surface area contributed by atoms with Crippen molar-refractivity contribution < 1.29 is 13.2 Å². The monoisotopic (exact) mass is 420 g/mol. The molecule has 134 valence electrons. The van der Waals surface area contributed by atoms with Gasteiger partial charge in [-0.1, -0.05) is 40.9 Å². The predicted molar refractivity (Wildman–Crippen MR) is 101 cm³/mol. The highest BCUT2D eigenvalue weighted by atomic mass is 35.5. The van der Waals surface area contributed by atoms with Gasteiger partial charge < -0.3 is 5.32 Å². The fourth-order valence-electron chi connectivity index (χ4n) is 2.06. The summed E-state index contributed by atoms with van der Waals surface area (Å²) in [7, 11) is -3.72. The molecule has 0 spiro atoms. The molecule has 1 amide bonds. The largest absolute Gasteiger partial charge is 0.325 e. The SMILES string of the molecule is CC(=O)Nc1ccc(S(=O)(=O)NCCc2ccc(Cl)c(Cl)c2)cc1Cl. The molecule has 0 aliphatic heterocycles. The van der Waals surface area contributed by atoms with Crippen LogP contribution in [0.4, 0.5) is 5.69 Å². The molecule has 2 N–H and O–H groups in total. The van der Waals surface area contributed by atoms with Gasteiger partial charge in [0.25, 0.3) is 0 Å². The number of nitrogens with one attached hydrogen (secondary N) is 2. The molecule has 0 aromatic heterocycles. The second-order valence-electron chi connectivity index (χ2n) is 5.22. The minimum Gasteiger partial charge on any atom is -0.325 e. The van der Waals surface area contributed by atoms with Crippen LogP contribution in [0.1, 0.15) is 12.5 Å². The van der Waals surface area contributed by atoms with Crippen LogP contribution in [0.25, 0.3) is 0 Å². The fourth-order valence-corrected chi connectivity index (χ4v) is 3.73. The maximum atomic E-state index is 12.3. The van der Waals surface area contributed by atoms with Crippen molar-refractivity contribution in [2.75, 3.05) is 11.9 Å². The van der Waals surface area contributed by atoms with Crippen molar-refractivity contribution in [2.24, 2.45) is 0 Å². The number of hydrogen-bond donors (Lipinski definition) is 2. The highest BCUT2D eigenvalue weighted by Crippen LogP contribution is 2.25. The molecule has 0 heterocycles. The Morgan fingerprint density at radius 2 is 1.72 bits per heavy atom. The van der Waals surface area contributed by atoms with E-state index in [0.717, 1.165) is 5.56 Å². The summed E-state index contributed by atoms with van der Waals surface area (Å²) in [5.41, 5.74) is 1.21. The maximum Gasteiger partial charge on any atom is 0.240 e. The molecule has 2 rings (SSSR count). The smallest absolute Gasteiger partial charge is 0.240 e. The van der Waals surface area contributed by atoms with Gasteiger partial charge in [0.2, 0.25) is 15.9 Å². The van der Waals surface area contributed by atoms with Gasteiger partial charge in [-0.3, -0.25) is 4.79 Å². The van der Waals surface area contributed by atoms with Crippen molar-refractivity contribution in [3.05, 3.63) is 57.0 Å². The van der Waals surface area contributed by atoms with Crippen molar-refractivity contribution in [2.45, 2.75) is 18.2 Å². The van der Waals surface area contributed by atoms with Gasteiger partial charge in [0.05, 0.1) is 25.7 Å². The number of benzene rings is 2. The summed E-state index contributed by atoms with van der Waals surface area (Å²) < 4.78 is 27.1. The predicted octanol–water partition coefficient (Wildman–Crippen LogP) is 4.13. The zero-order chi connectivity index (χ0) is 18.6. The van der Waals surface area contributed by atoms with E-state index in [1.54, 1.807) is 18.2 Å². The number of amides is 1. The van der Waals surface area contributed by atoms with Gasteiger partial charge >= 0.3 is 0 Å². The lowest BCUT2D eigenvalue weighted by molar-refractivity contribution is -0.114. The standard InChI is InChI=1S/C16H15Cl3N2O3S/c1-10(22)21-16-5-3-12(9-15(16)19)25(23,24)20-7-6-11-2-4-13(17)14(18)8-11/h2-5,8-9,20H,6-7H2,1H3,(H,21,22). The number of carbonyl (C=O) groups is 1. The first-order valence-corrected chi connectivity index (χ1v) is 9.81. The highest BCUT2D eigenvalue weighted by Gasteiger charge is 2.15. The fraction of sp³-hybridized carbons (Fsp3) is 0.188. The third-order valence-corrected chi connectivity index (χ3v) is 5.76. The van der Waals surface area contributed by atoms with E-state index in [9.17, 15) is 13.2 Å². The van der Waals surface area contributed by atoms with Gasteiger partial charge in [0.1, 0.15) is 0 Å². The molecule has 5 nitrogen and oxygen atoms in total. The van der Waals surface area contributed by atoms with Crippen molar-refractivity contribution in [3.63, 3.8) is 0 Å². The minimum atomic E-state index is -3.72. The highest BCUT2D eigenvalue weighted by molar-refractivity contribution is 7.89. The number of halogens is 3. The molecule has 0 aliphatic carbocycles. The molecule has 0 aliphatic rings. The normalized spacial score (nSPS) is 11.4. The number of anilines is 1. The van der Waals surface area contributed by atoms with Gasteiger partial charge in [-0.15, -0.1) is 0 Å². The van der Waals surface area contributed by atoms with Crippen LogP contribution in [0.3, 0.4) is 0 Å². The van der Waals surface area contributed by atoms with E-state index >= 15 is 0 Å². The van der Waals surface area contributed by atoms with Crippen molar-refractivity contribution >= 4 is 56.4 Å². The van der Waals surface area contributed by atoms with Gasteiger partial charge in [0.15, 0.2) is 0 Å². The Balaban J connectivity index is 2.04. The van der Waals surface area contributed by atoms with Crippen LogP contribution in [0, 0.1) is 0 Å². The number of hydrogen-bond acceptors (Lipinski definition) is 3. The van der Waals surface area contributed by atoms with Gasteiger partial charge in [0, 0.05) is 13.5 Å². The van der Waals surface area contributed by atoms with E-state index in [2.05, 4.69) is 10.0 Å². The molecule has 0 atom stereocenters. The molecule has 0 bridgehead atoms. The molecule has 0 radical (unpaired) electrons. The van der Waals surface area contributed by atoms with Crippen LogP contribution in [0.5, 0.6) is 0 Å². The Morgan fingerprint density at radius 1 is 1.00 bits per heavy atom. The lowest BCUT2D eigenvalue weighted by atomic mass is 10.1. The minimum absolute atomic E-state index is 0.0146. The summed E-state index contributed by atoms with van der Waals surface area (Å²) >= 11 is 17.8. The van der Waals surface area contributed by atoms with Crippen LogP contribution in [0.15, 0.2) is 41.3 Å². The Kier molecular flexibility index (Phi) is 6.71. The summed E-state index contributed by atoms with van der Waals surface area (Å²) in [5, 5.41) is 3.52. The molecule has 0 fully saturated rings. The molecular formula is C16H15Cl3N2O3S. The first-order chi connectivity index (χ1) is 11.7. The average molecular weight is 422 g/mol. The molecule has 2 aromatic carbocycles.